The summed E-state index contributed by atoms with van der Waals surface area (Å²) in [6.07, 6.45) is 85.1. The van der Waals surface area contributed by atoms with Crippen LogP contribution in [0.25, 0.3) is 0 Å². The molecule has 462 valence electrons. The Labute approximate surface area is 488 Å². The number of esters is 1. The van der Waals surface area contributed by atoms with Crippen LogP contribution in [-0.2, 0) is 14.3 Å². The summed E-state index contributed by atoms with van der Waals surface area (Å²) in [5.41, 5.74) is 0. The monoisotopic (exact) mass is 1100 g/mol. The number of allylic oxidation sites excluding steroid dienone is 4. The van der Waals surface area contributed by atoms with E-state index in [1.807, 2.05) is 0 Å². The average molecular weight is 1100 g/mol. The zero-order valence-corrected chi connectivity index (χ0v) is 52.9. The molecule has 0 aliphatic heterocycles. The minimum absolute atomic E-state index is 0.00787. The molecule has 0 aliphatic carbocycles. The van der Waals surface area contributed by atoms with Crippen LogP contribution in [-0.4, -0.2) is 47.4 Å². The molecule has 6 nitrogen and oxygen atoms in total. The fraction of sp³-hybridized carbons (Fsp3) is 0.917. The molecule has 0 fully saturated rings. The fourth-order valence-electron chi connectivity index (χ4n) is 11.3. The fourth-order valence-corrected chi connectivity index (χ4v) is 11.3. The predicted octanol–water partition coefficient (Wildman–Crippen LogP) is 22.9. The Bertz CT molecular complexity index is 1220. The number of ether oxygens (including phenoxy) is 1. The zero-order chi connectivity index (χ0) is 56.4. The van der Waals surface area contributed by atoms with Crippen LogP contribution in [0, 0.1) is 0 Å². The molecule has 0 aliphatic rings. The van der Waals surface area contributed by atoms with Crippen molar-refractivity contribution < 1.29 is 24.5 Å². The molecule has 3 N–H and O–H groups in total. The van der Waals surface area contributed by atoms with Gasteiger partial charge < -0.3 is 20.3 Å². The van der Waals surface area contributed by atoms with Gasteiger partial charge in [0.15, 0.2) is 0 Å². The van der Waals surface area contributed by atoms with Gasteiger partial charge in [-0.2, -0.15) is 0 Å². The van der Waals surface area contributed by atoms with E-state index in [0.717, 1.165) is 44.9 Å². The summed E-state index contributed by atoms with van der Waals surface area (Å²) < 4.78 is 5.48. The Hall–Kier alpha value is -1.66. The lowest BCUT2D eigenvalue weighted by Crippen LogP contribution is -2.45. The molecule has 78 heavy (non-hydrogen) atoms. The van der Waals surface area contributed by atoms with Crippen molar-refractivity contribution in [3.05, 3.63) is 24.3 Å². The molecule has 0 heterocycles. The summed E-state index contributed by atoms with van der Waals surface area (Å²) >= 11 is 0. The first kappa shape index (κ1) is 76.3. The molecular weight excluding hydrogens is 959 g/mol. The van der Waals surface area contributed by atoms with Crippen LogP contribution in [0.1, 0.15) is 399 Å². The van der Waals surface area contributed by atoms with Crippen molar-refractivity contribution in [2.45, 2.75) is 411 Å². The van der Waals surface area contributed by atoms with Gasteiger partial charge in [-0.3, -0.25) is 9.59 Å². The Morgan fingerprint density at radius 2 is 0.603 bits per heavy atom. The van der Waals surface area contributed by atoms with Gasteiger partial charge in [0.05, 0.1) is 25.4 Å². The maximum atomic E-state index is 12.5. The quantitative estimate of drug-likeness (QED) is 0.0320. The van der Waals surface area contributed by atoms with Crippen LogP contribution < -0.4 is 5.32 Å². The van der Waals surface area contributed by atoms with Gasteiger partial charge in [-0.25, -0.2) is 0 Å². The topological polar surface area (TPSA) is 95.9 Å². The molecule has 2 atom stereocenters. The summed E-state index contributed by atoms with van der Waals surface area (Å²) in [6.45, 7) is 4.97. The Kier molecular flexibility index (Phi) is 66.4. The molecule has 2 unspecified atom stereocenters. The number of hydrogen-bond acceptors (Lipinski definition) is 5. The molecule has 0 spiro atoms. The van der Waals surface area contributed by atoms with Crippen LogP contribution in [0.2, 0.25) is 0 Å². The molecule has 6 heteroatoms. The van der Waals surface area contributed by atoms with Gasteiger partial charge in [0.2, 0.25) is 5.91 Å². The number of carbonyl (C=O) groups excluding carboxylic acids is 2. The zero-order valence-electron chi connectivity index (χ0n) is 52.9. The highest BCUT2D eigenvalue weighted by atomic mass is 16.5. The maximum Gasteiger partial charge on any atom is 0.305 e. The van der Waals surface area contributed by atoms with Crippen molar-refractivity contribution in [1.29, 1.82) is 0 Å². The Morgan fingerprint density at radius 1 is 0.346 bits per heavy atom. The van der Waals surface area contributed by atoms with Crippen molar-refractivity contribution in [1.82, 2.24) is 5.32 Å². The molecular formula is C72H139NO5. The van der Waals surface area contributed by atoms with Crippen LogP contribution in [0.3, 0.4) is 0 Å². The first-order valence-electron chi connectivity index (χ1n) is 35.6. The SMILES string of the molecule is CCCCCC/C=C\CCCCCCCC(=O)OCCCCCCCCCCCCCC/C=C\CCCCCCCCCCCCCCCC(=O)NC(CO)C(O)CCCCCCCCCCCCCCCCCCCCC. The number of nitrogens with one attached hydrogen (secondary N) is 1. The average Bonchev–Trinajstić information content (AvgIpc) is 3.44. The Morgan fingerprint density at radius 3 is 0.923 bits per heavy atom. The molecule has 1 amide bonds. The van der Waals surface area contributed by atoms with E-state index in [9.17, 15) is 19.8 Å². The summed E-state index contributed by atoms with van der Waals surface area (Å²) in [5.74, 6) is -0.0222. The van der Waals surface area contributed by atoms with Gasteiger partial charge in [0.25, 0.3) is 0 Å². The number of unbranched alkanes of at least 4 members (excludes halogenated alkanes) is 52. The van der Waals surface area contributed by atoms with Crippen molar-refractivity contribution in [3.8, 4) is 0 Å². The van der Waals surface area contributed by atoms with Gasteiger partial charge >= 0.3 is 5.97 Å². The highest BCUT2D eigenvalue weighted by Gasteiger charge is 2.20. The second kappa shape index (κ2) is 67.8. The Balaban J connectivity index is 3.37. The van der Waals surface area contributed by atoms with Crippen molar-refractivity contribution in [2.75, 3.05) is 13.2 Å². The summed E-state index contributed by atoms with van der Waals surface area (Å²) in [5, 5.41) is 23.4. The molecule has 0 aromatic carbocycles. The number of amides is 1. The third-order valence-corrected chi connectivity index (χ3v) is 16.7. The number of carbonyl (C=O) groups is 2. The number of aliphatic hydroxyl groups excluding tert-OH is 2. The minimum Gasteiger partial charge on any atom is -0.466 e. The number of hydrogen-bond donors (Lipinski definition) is 3. The highest BCUT2D eigenvalue weighted by Crippen LogP contribution is 2.19. The molecule has 0 saturated heterocycles. The molecule has 0 saturated carbocycles. The first-order valence-corrected chi connectivity index (χ1v) is 35.6. The predicted molar refractivity (Wildman–Crippen MR) is 343 cm³/mol. The van der Waals surface area contributed by atoms with E-state index >= 15 is 0 Å². The molecule has 0 radical (unpaired) electrons. The van der Waals surface area contributed by atoms with E-state index in [4.69, 9.17) is 4.74 Å². The van der Waals surface area contributed by atoms with Crippen molar-refractivity contribution in [3.63, 3.8) is 0 Å². The molecule has 0 rings (SSSR count). The van der Waals surface area contributed by atoms with Crippen molar-refractivity contribution >= 4 is 11.9 Å². The van der Waals surface area contributed by atoms with Gasteiger partial charge in [0.1, 0.15) is 0 Å². The van der Waals surface area contributed by atoms with Crippen molar-refractivity contribution in [2.24, 2.45) is 0 Å². The lowest BCUT2D eigenvalue weighted by molar-refractivity contribution is -0.143. The normalized spacial score (nSPS) is 12.6. The summed E-state index contributed by atoms with van der Waals surface area (Å²) in [7, 11) is 0. The molecule has 0 bridgehead atoms. The lowest BCUT2D eigenvalue weighted by Gasteiger charge is -2.22. The van der Waals surface area contributed by atoms with Gasteiger partial charge in [-0.15, -0.1) is 0 Å². The lowest BCUT2D eigenvalue weighted by atomic mass is 10.0. The smallest absolute Gasteiger partial charge is 0.305 e. The van der Waals surface area contributed by atoms with E-state index in [-0.39, 0.29) is 18.5 Å². The van der Waals surface area contributed by atoms with Gasteiger partial charge in [-0.1, -0.05) is 334 Å². The van der Waals surface area contributed by atoms with Crippen LogP contribution in [0.5, 0.6) is 0 Å². The van der Waals surface area contributed by atoms with E-state index in [1.165, 1.54) is 321 Å². The second-order valence-corrected chi connectivity index (χ2v) is 24.6. The number of rotatable bonds is 67. The van der Waals surface area contributed by atoms with E-state index in [1.54, 1.807) is 0 Å². The van der Waals surface area contributed by atoms with E-state index < -0.39 is 12.1 Å². The summed E-state index contributed by atoms with van der Waals surface area (Å²) in [4.78, 5) is 24.6. The number of aliphatic hydroxyl groups is 2. The van der Waals surface area contributed by atoms with Gasteiger partial charge in [-0.05, 0) is 77.0 Å². The van der Waals surface area contributed by atoms with E-state index in [0.29, 0.717) is 25.9 Å². The standard InChI is InChI=1S/C72H139NO5/c1-3-5-7-9-11-13-15-17-18-19-31-34-37-41-44-48-52-56-60-64-70(75)69(68-74)73-71(76)65-61-57-53-49-45-42-38-35-32-29-27-25-23-21-20-22-24-26-28-30-33-36-39-43-47-51-55-59-63-67-78-72(77)66-62-58-54-50-46-40-16-14-12-10-8-6-4-2/h14,16,20,22,69-70,74-75H,3-13,15,17-19,21,23-68H2,1-2H3,(H,73,76)/b16-14-,22-20-. The van der Waals surface area contributed by atoms with Gasteiger partial charge in [0, 0.05) is 12.8 Å². The van der Waals surface area contributed by atoms with Crippen LogP contribution >= 0.6 is 0 Å². The first-order chi connectivity index (χ1) is 38.5. The van der Waals surface area contributed by atoms with Crippen LogP contribution in [0.15, 0.2) is 24.3 Å². The third-order valence-electron chi connectivity index (χ3n) is 16.7. The summed E-state index contributed by atoms with van der Waals surface area (Å²) in [6, 6.07) is -0.541. The second-order valence-electron chi connectivity index (χ2n) is 24.6. The molecule has 0 aromatic rings. The maximum absolute atomic E-state index is 12.5. The minimum atomic E-state index is -0.664. The van der Waals surface area contributed by atoms with E-state index in [2.05, 4.69) is 43.5 Å². The van der Waals surface area contributed by atoms with Crippen LogP contribution in [0.4, 0.5) is 0 Å². The highest BCUT2D eigenvalue weighted by molar-refractivity contribution is 5.76. The molecule has 0 aromatic heterocycles. The largest absolute Gasteiger partial charge is 0.466 e. The third kappa shape index (κ3) is 63.5.